The SMILES string of the molecule is Cc1ccc(C(=O)Nc2nc3cccc(C(=O)NCCCCN)c3n2CCc2ccc(O)cc2)cc1NC(=O)NCCCN=C(N)N. The Hall–Kier alpha value is -5.63. The van der Waals surface area contributed by atoms with Crippen molar-refractivity contribution in [2.75, 3.05) is 36.8 Å². The van der Waals surface area contributed by atoms with Gasteiger partial charge >= 0.3 is 6.03 Å². The number of unbranched alkanes of at least 4 members (excludes halogenated alkanes) is 1. The van der Waals surface area contributed by atoms with Crippen molar-refractivity contribution in [3.8, 4) is 5.75 Å². The van der Waals surface area contributed by atoms with Crippen molar-refractivity contribution >= 4 is 46.5 Å². The maximum atomic E-state index is 13.6. The summed E-state index contributed by atoms with van der Waals surface area (Å²) in [5.74, 6) is -0.274. The lowest BCUT2D eigenvalue weighted by molar-refractivity contribution is 0.0953. The second-order valence-electron chi connectivity index (χ2n) is 11.0. The molecule has 1 aromatic heterocycles. The number of amides is 4. The minimum atomic E-state index is -0.445. The molecule has 4 aromatic rings. The Balaban J connectivity index is 1.57. The van der Waals surface area contributed by atoms with E-state index in [-0.39, 0.29) is 23.6 Å². The Morgan fingerprint density at radius 1 is 0.915 bits per heavy atom. The van der Waals surface area contributed by atoms with Gasteiger partial charge in [0.15, 0.2) is 5.96 Å². The number of guanidine groups is 1. The average Bonchev–Trinajstić information content (AvgIpc) is 3.40. The maximum absolute atomic E-state index is 13.6. The Morgan fingerprint density at radius 3 is 2.43 bits per heavy atom. The first-order chi connectivity index (χ1) is 22.7. The van der Waals surface area contributed by atoms with Crippen LogP contribution in [0.25, 0.3) is 11.0 Å². The zero-order valence-corrected chi connectivity index (χ0v) is 26.4. The predicted molar refractivity (Wildman–Crippen MR) is 184 cm³/mol. The number of fused-ring (bicyclic) bond motifs is 1. The standard InChI is InChI=1S/C33H42N10O4/c1-21-8-11-23(20-27(21)41-33(47)39-18-5-17-38-31(35)36)29(45)42-32-40-26-7-4-6-25(30(46)37-16-3-2-15-34)28(26)43(32)19-14-22-9-12-24(44)13-10-22/h4,6-13,20,44H,2-3,5,14-19,34H2,1H3,(H,37,46)(H4,35,36,38)(H2,39,41,47)(H,40,42,45). The number of anilines is 2. The average molecular weight is 643 g/mol. The molecule has 0 spiro atoms. The second kappa shape index (κ2) is 16.6. The molecule has 3 aromatic carbocycles. The number of imidazole rings is 1. The molecule has 0 unspecified atom stereocenters. The number of nitrogens with one attached hydrogen (secondary N) is 4. The highest BCUT2D eigenvalue weighted by atomic mass is 16.3. The summed E-state index contributed by atoms with van der Waals surface area (Å²) >= 11 is 0. The summed E-state index contributed by atoms with van der Waals surface area (Å²) in [6, 6.07) is 16.7. The normalized spacial score (nSPS) is 10.8. The van der Waals surface area contributed by atoms with Crippen molar-refractivity contribution in [2.45, 2.75) is 39.2 Å². The number of aliphatic imine (C=N–C) groups is 1. The molecule has 1 heterocycles. The number of phenolic OH excluding ortho intramolecular Hbond substituents is 1. The third-order valence-electron chi connectivity index (χ3n) is 7.38. The Bertz CT molecular complexity index is 1730. The number of hydrogen-bond donors (Lipinski definition) is 8. The van der Waals surface area contributed by atoms with E-state index in [4.69, 9.17) is 22.2 Å². The van der Waals surface area contributed by atoms with Gasteiger partial charge in [0.25, 0.3) is 11.8 Å². The number of phenols is 1. The van der Waals surface area contributed by atoms with E-state index in [0.29, 0.717) is 73.4 Å². The summed E-state index contributed by atoms with van der Waals surface area (Å²) in [5.41, 5.74) is 20.3. The summed E-state index contributed by atoms with van der Waals surface area (Å²) < 4.78 is 1.82. The minimum absolute atomic E-state index is 0.00642. The Morgan fingerprint density at radius 2 is 1.68 bits per heavy atom. The molecular weight excluding hydrogens is 600 g/mol. The molecule has 0 aliphatic heterocycles. The van der Waals surface area contributed by atoms with Crippen LogP contribution >= 0.6 is 0 Å². The number of benzene rings is 3. The Labute approximate surface area is 272 Å². The maximum Gasteiger partial charge on any atom is 0.319 e. The van der Waals surface area contributed by atoms with Gasteiger partial charge in [0.1, 0.15) is 5.75 Å². The van der Waals surface area contributed by atoms with E-state index in [1.54, 1.807) is 48.5 Å². The molecule has 47 heavy (non-hydrogen) atoms. The molecule has 14 nitrogen and oxygen atoms in total. The van der Waals surface area contributed by atoms with E-state index in [1.165, 1.54) is 0 Å². The monoisotopic (exact) mass is 642 g/mol. The summed E-state index contributed by atoms with van der Waals surface area (Å²) in [4.78, 5) is 47.9. The molecule has 4 amide bonds. The lowest BCUT2D eigenvalue weighted by atomic mass is 10.1. The molecule has 0 saturated heterocycles. The van der Waals surface area contributed by atoms with Crippen LogP contribution in [0.3, 0.4) is 0 Å². The fraction of sp³-hybridized carbons (Fsp3) is 0.303. The first-order valence-corrected chi connectivity index (χ1v) is 15.4. The van der Waals surface area contributed by atoms with Crippen LogP contribution in [-0.2, 0) is 13.0 Å². The van der Waals surface area contributed by atoms with E-state index >= 15 is 0 Å². The van der Waals surface area contributed by atoms with Crippen LogP contribution in [0.1, 0.15) is 51.1 Å². The van der Waals surface area contributed by atoms with Crippen LogP contribution in [0.5, 0.6) is 5.75 Å². The first-order valence-electron chi connectivity index (χ1n) is 15.4. The third-order valence-corrected chi connectivity index (χ3v) is 7.38. The van der Waals surface area contributed by atoms with Gasteiger partial charge in [-0.25, -0.2) is 9.78 Å². The van der Waals surface area contributed by atoms with Crippen LogP contribution < -0.4 is 38.5 Å². The molecular formula is C33H42N10O4. The van der Waals surface area contributed by atoms with Crippen molar-refractivity contribution in [2.24, 2.45) is 22.2 Å². The largest absolute Gasteiger partial charge is 0.508 e. The summed E-state index contributed by atoms with van der Waals surface area (Å²) in [6.45, 7) is 3.98. The second-order valence-corrected chi connectivity index (χ2v) is 11.0. The molecule has 4 rings (SSSR count). The number of para-hydroxylation sites is 1. The number of hydrogen-bond acceptors (Lipinski definition) is 7. The number of nitrogens with zero attached hydrogens (tertiary/aromatic N) is 3. The number of aryl methyl sites for hydroxylation is 3. The van der Waals surface area contributed by atoms with Gasteiger partial charge in [-0.3, -0.25) is 19.9 Å². The molecule has 0 atom stereocenters. The molecule has 0 saturated carbocycles. The van der Waals surface area contributed by atoms with E-state index in [9.17, 15) is 19.5 Å². The highest BCUT2D eigenvalue weighted by Crippen LogP contribution is 2.26. The van der Waals surface area contributed by atoms with Crippen LogP contribution in [-0.4, -0.2) is 64.6 Å². The topological polar surface area (TPSA) is 228 Å². The van der Waals surface area contributed by atoms with Crippen LogP contribution in [0, 0.1) is 6.92 Å². The molecule has 0 bridgehead atoms. The van der Waals surface area contributed by atoms with E-state index in [1.807, 2.05) is 23.6 Å². The zero-order chi connectivity index (χ0) is 33.8. The Kier molecular flexibility index (Phi) is 12.1. The van der Waals surface area contributed by atoms with Crippen molar-refractivity contribution < 1.29 is 19.5 Å². The summed E-state index contributed by atoms with van der Waals surface area (Å²) in [5, 5.41) is 21.1. The summed E-state index contributed by atoms with van der Waals surface area (Å²) in [6.07, 6.45) is 2.65. The fourth-order valence-corrected chi connectivity index (χ4v) is 4.88. The van der Waals surface area contributed by atoms with Gasteiger partial charge in [-0.2, -0.15) is 0 Å². The first kappa shape index (κ1) is 34.2. The number of aromatic hydroxyl groups is 1. The van der Waals surface area contributed by atoms with Crippen molar-refractivity contribution in [3.63, 3.8) is 0 Å². The van der Waals surface area contributed by atoms with Crippen molar-refractivity contribution in [1.29, 1.82) is 0 Å². The van der Waals surface area contributed by atoms with Crippen LogP contribution in [0.2, 0.25) is 0 Å². The van der Waals surface area contributed by atoms with Gasteiger partial charge in [-0.1, -0.05) is 24.3 Å². The van der Waals surface area contributed by atoms with Crippen LogP contribution in [0.15, 0.2) is 65.7 Å². The molecule has 0 fully saturated rings. The van der Waals surface area contributed by atoms with Gasteiger partial charge in [0.2, 0.25) is 5.95 Å². The molecule has 0 radical (unpaired) electrons. The lowest BCUT2D eigenvalue weighted by Gasteiger charge is -2.14. The third kappa shape index (κ3) is 9.68. The molecule has 0 aliphatic rings. The molecule has 11 N–H and O–H groups in total. The van der Waals surface area contributed by atoms with E-state index < -0.39 is 11.9 Å². The van der Waals surface area contributed by atoms with Gasteiger partial charge < -0.3 is 42.8 Å². The number of carbonyl (C=O) groups is 3. The van der Waals surface area contributed by atoms with Crippen molar-refractivity contribution in [3.05, 3.63) is 82.9 Å². The van der Waals surface area contributed by atoms with Gasteiger partial charge in [-0.05, 0) is 86.7 Å². The molecule has 0 aliphatic carbocycles. The van der Waals surface area contributed by atoms with E-state index in [0.717, 1.165) is 24.0 Å². The number of nitrogens with two attached hydrogens (primary N) is 3. The highest BCUT2D eigenvalue weighted by molar-refractivity contribution is 6.08. The number of carbonyl (C=O) groups excluding carboxylic acids is 3. The highest BCUT2D eigenvalue weighted by Gasteiger charge is 2.20. The quantitative estimate of drug-likeness (QED) is 0.0545. The van der Waals surface area contributed by atoms with Gasteiger partial charge in [0, 0.05) is 37.4 Å². The summed E-state index contributed by atoms with van der Waals surface area (Å²) in [7, 11) is 0. The van der Waals surface area contributed by atoms with Gasteiger partial charge in [-0.15, -0.1) is 0 Å². The van der Waals surface area contributed by atoms with E-state index in [2.05, 4.69) is 26.3 Å². The number of aromatic nitrogens is 2. The smallest absolute Gasteiger partial charge is 0.319 e. The minimum Gasteiger partial charge on any atom is -0.508 e. The number of urea groups is 1. The lowest BCUT2D eigenvalue weighted by Crippen LogP contribution is -2.30. The zero-order valence-electron chi connectivity index (χ0n) is 26.4. The van der Waals surface area contributed by atoms with Crippen molar-refractivity contribution in [1.82, 2.24) is 20.2 Å². The van der Waals surface area contributed by atoms with Crippen LogP contribution in [0.4, 0.5) is 16.4 Å². The number of rotatable bonds is 15. The molecule has 248 valence electrons. The molecule has 14 heteroatoms. The predicted octanol–water partition coefficient (Wildman–Crippen LogP) is 2.80. The van der Waals surface area contributed by atoms with Gasteiger partial charge in [0.05, 0.1) is 16.6 Å². The fourth-order valence-electron chi connectivity index (χ4n) is 4.88.